The summed E-state index contributed by atoms with van der Waals surface area (Å²) in [6, 6.07) is 1.95. The van der Waals surface area contributed by atoms with E-state index in [2.05, 4.69) is 5.32 Å². The van der Waals surface area contributed by atoms with Gasteiger partial charge in [0.2, 0.25) is 5.91 Å². The lowest BCUT2D eigenvalue weighted by molar-refractivity contribution is -0.128. The summed E-state index contributed by atoms with van der Waals surface area (Å²) in [6.07, 6.45) is 2.56. The number of furan rings is 1. The zero-order valence-electron chi connectivity index (χ0n) is 9.99. The predicted molar refractivity (Wildman–Crippen MR) is 61.0 cm³/mol. The number of amides is 1. The van der Waals surface area contributed by atoms with Gasteiger partial charge < -0.3 is 9.32 Å². The molecule has 1 saturated heterocycles. The third-order valence-corrected chi connectivity index (χ3v) is 3.17. The van der Waals surface area contributed by atoms with Gasteiger partial charge in [-0.2, -0.15) is 0 Å². The average Bonchev–Trinajstić information content (AvgIpc) is 2.79. The molecule has 88 valence electrons. The first kappa shape index (κ1) is 11.2. The quantitative estimate of drug-likeness (QED) is 0.842. The number of carbonyl (C=O) groups excluding carboxylic acids is 1. The van der Waals surface area contributed by atoms with E-state index < -0.39 is 0 Å². The number of nitrogens with one attached hydrogen (secondary N) is 1. The van der Waals surface area contributed by atoms with Crippen molar-refractivity contribution in [1.82, 2.24) is 10.2 Å². The number of aryl methyl sites for hydroxylation is 1. The number of rotatable bonds is 3. The third kappa shape index (κ3) is 1.97. The lowest BCUT2D eigenvalue weighted by atomic mass is 10.1. The second kappa shape index (κ2) is 4.29. The maximum atomic E-state index is 11.7. The van der Waals surface area contributed by atoms with Crippen molar-refractivity contribution in [3.63, 3.8) is 0 Å². The van der Waals surface area contributed by atoms with E-state index in [1.165, 1.54) is 0 Å². The number of hydrogen-bond acceptors (Lipinski definition) is 3. The maximum Gasteiger partial charge on any atom is 0.239 e. The summed E-state index contributed by atoms with van der Waals surface area (Å²) in [5.74, 6) is 1.10. The van der Waals surface area contributed by atoms with Gasteiger partial charge in [-0.15, -0.1) is 0 Å². The van der Waals surface area contributed by atoms with Crippen LogP contribution in [-0.4, -0.2) is 30.4 Å². The van der Waals surface area contributed by atoms with E-state index in [0.29, 0.717) is 0 Å². The molecule has 1 amide bonds. The van der Waals surface area contributed by atoms with Gasteiger partial charge >= 0.3 is 0 Å². The third-order valence-electron chi connectivity index (χ3n) is 3.17. The molecular weight excluding hydrogens is 204 g/mol. The summed E-state index contributed by atoms with van der Waals surface area (Å²) in [4.78, 5) is 13.5. The van der Waals surface area contributed by atoms with Gasteiger partial charge in [0, 0.05) is 13.6 Å². The first-order valence-corrected chi connectivity index (χ1v) is 5.64. The van der Waals surface area contributed by atoms with E-state index in [4.69, 9.17) is 4.42 Å². The SMILES string of the molecule is Cc1ccoc1C(C)NC1CCN(C)C1=O. The summed E-state index contributed by atoms with van der Waals surface area (Å²) in [5.41, 5.74) is 1.12. The van der Waals surface area contributed by atoms with Crippen molar-refractivity contribution in [2.75, 3.05) is 13.6 Å². The fourth-order valence-corrected chi connectivity index (χ4v) is 2.18. The molecule has 4 nitrogen and oxygen atoms in total. The molecule has 0 saturated carbocycles. The summed E-state index contributed by atoms with van der Waals surface area (Å²) in [6.45, 7) is 4.87. The smallest absolute Gasteiger partial charge is 0.239 e. The van der Waals surface area contributed by atoms with Crippen molar-refractivity contribution < 1.29 is 9.21 Å². The Bertz CT molecular complexity index is 386. The molecule has 0 spiro atoms. The highest BCUT2D eigenvalue weighted by Gasteiger charge is 2.30. The molecule has 1 fully saturated rings. The molecule has 0 aliphatic carbocycles. The lowest BCUT2D eigenvalue weighted by Gasteiger charge is -2.17. The number of likely N-dealkylation sites (N-methyl/N-ethyl adjacent to an activating group) is 1. The molecular formula is C12H18N2O2. The van der Waals surface area contributed by atoms with Crippen LogP contribution in [0.15, 0.2) is 16.7 Å². The van der Waals surface area contributed by atoms with Crippen LogP contribution in [0, 0.1) is 6.92 Å². The zero-order chi connectivity index (χ0) is 11.7. The highest BCUT2D eigenvalue weighted by molar-refractivity contribution is 5.83. The second-order valence-corrected chi connectivity index (χ2v) is 4.46. The van der Waals surface area contributed by atoms with Crippen LogP contribution in [0.25, 0.3) is 0 Å². The van der Waals surface area contributed by atoms with Crippen molar-refractivity contribution in [3.05, 3.63) is 23.7 Å². The number of likely N-dealkylation sites (tertiary alicyclic amines) is 1. The van der Waals surface area contributed by atoms with E-state index in [1.54, 1.807) is 11.2 Å². The summed E-state index contributed by atoms with van der Waals surface area (Å²) >= 11 is 0. The van der Waals surface area contributed by atoms with Crippen LogP contribution < -0.4 is 5.32 Å². The first-order chi connectivity index (χ1) is 7.59. The Hall–Kier alpha value is -1.29. The van der Waals surface area contributed by atoms with E-state index in [-0.39, 0.29) is 18.0 Å². The van der Waals surface area contributed by atoms with Crippen LogP contribution in [0.5, 0.6) is 0 Å². The normalized spacial score (nSPS) is 22.8. The Balaban J connectivity index is 2.01. The van der Waals surface area contributed by atoms with Gasteiger partial charge in [-0.05, 0) is 31.9 Å². The summed E-state index contributed by atoms with van der Waals surface area (Å²) < 4.78 is 5.41. The van der Waals surface area contributed by atoms with Gasteiger partial charge in [-0.1, -0.05) is 0 Å². The largest absolute Gasteiger partial charge is 0.467 e. The molecule has 1 aromatic heterocycles. The van der Waals surface area contributed by atoms with Crippen LogP contribution in [0.1, 0.15) is 30.7 Å². The number of nitrogens with zero attached hydrogens (tertiary/aromatic N) is 1. The Kier molecular flexibility index (Phi) is 3.01. The predicted octanol–water partition coefficient (Wildman–Crippen LogP) is 1.47. The van der Waals surface area contributed by atoms with Crippen molar-refractivity contribution in [2.24, 2.45) is 0 Å². The van der Waals surface area contributed by atoms with Gasteiger partial charge in [0.25, 0.3) is 0 Å². The van der Waals surface area contributed by atoms with Gasteiger partial charge in [-0.25, -0.2) is 0 Å². The molecule has 2 rings (SSSR count). The van der Waals surface area contributed by atoms with Crippen molar-refractivity contribution in [3.8, 4) is 0 Å². The highest BCUT2D eigenvalue weighted by atomic mass is 16.3. The highest BCUT2D eigenvalue weighted by Crippen LogP contribution is 2.20. The van der Waals surface area contributed by atoms with Crippen LogP contribution in [0.2, 0.25) is 0 Å². The topological polar surface area (TPSA) is 45.5 Å². The van der Waals surface area contributed by atoms with E-state index >= 15 is 0 Å². The minimum Gasteiger partial charge on any atom is -0.467 e. The Labute approximate surface area is 95.6 Å². The fraction of sp³-hybridized carbons (Fsp3) is 0.583. The molecule has 0 radical (unpaired) electrons. The van der Waals surface area contributed by atoms with Crippen LogP contribution in [0.4, 0.5) is 0 Å². The fourth-order valence-electron chi connectivity index (χ4n) is 2.18. The van der Waals surface area contributed by atoms with Gasteiger partial charge in [0.15, 0.2) is 0 Å². The van der Waals surface area contributed by atoms with Crippen molar-refractivity contribution in [1.29, 1.82) is 0 Å². The Morgan fingerprint density at radius 2 is 2.38 bits per heavy atom. The monoisotopic (exact) mass is 222 g/mol. The van der Waals surface area contributed by atoms with E-state index in [0.717, 1.165) is 24.3 Å². The molecule has 0 aromatic carbocycles. The zero-order valence-corrected chi connectivity index (χ0v) is 9.99. The van der Waals surface area contributed by atoms with Gasteiger partial charge in [0.1, 0.15) is 5.76 Å². The Morgan fingerprint density at radius 3 is 2.88 bits per heavy atom. The first-order valence-electron chi connectivity index (χ1n) is 5.64. The molecule has 4 heteroatoms. The van der Waals surface area contributed by atoms with Gasteiger partial charge in [-0.3, -0.25) is 10.1 Å². The summed E-state index contributed by atoms with van der Waals surface area (Å²) in [5, 5.41) is 3.32. The molecule has 16 heavy (non-hydrogen) atoms. The van der Waals surface area contributed by atoms with Crippen LogP contribution >= 0.6 is 0 Å². The van der Waals surface area contributed by atoms with Crippen LogP contribution in [0.3, 0.4) is 0 Å². The molecule has 2 heterocycles. The van der Waals surface area contributed by atoms with E-state index in [1.807, 2.05) is 27.0 Å². The molecule has 1 aliphatic rings. The summed E-state index contributed by atoms with van der Waals surface area (Å²) in [7, 11) is 1.84. The Morgan fingerprint density at radius 1 is 1.62 bits per heavy atom. The molecule has 1 N–H and O–H groups in total. The second-order valence-electron chi connectivity index (χ2n) is 4.46. The van der Waals surface area contributed by atoms with Crippen molar-refractivity contribution >= 4 is 5.91 Å². The van der Waals surface area contributed by atoms with Crippen LogP contribution in [-0.2, 0) is 4.79 Å². The van der Waals surface area contributed by atoms with Gasteiger partial charge in [0.05, 0.1) is 18.3 Å². The number of hydrogen-bond donors (Lipinski definition) is 1. The van der Waals surface area contributed by atoms with E-state index in [9.17, 15) is 4.79 Å². The molecule has 0 bridgehead atoms. The minimum absolute atomic E-state index is 0.0653. The molecule has 1 aromatic rings. The number of carbonyl (C=O) groups is 1. The standard InChI is InChI=1S/C12H18N2O2/c1-8-5-7-16-11(8)9(2)13-10-4-6-14(3)12(10)15/h5,7,9-10,13H,4,6H2,1-3H3. The minimum atomic E-state index is -0.0653. The maximum absolute atomic E-state index is 11.7. The lowest BCUT2D eigenvalue weighted by Crippen LogP contribution is -2.38. The molecule has 2 atom stereocenters. The average molecular weight is 222 g/mol. The molecule has 1 aliphatic heterocycles. The van der Waals surface area contributed by atoms with Crippen molar-refractivity contribution in [2.45, 2.75) is 32.4 Å². The molecule has 2 unspecified atom stereocenters.